The van der Waals surface area contributed by atoms with Gasteiger partial charge < -0.3 is 14.2 Å². The van der Waals surface area contributed by atoms with Crippen molar-refractivity contribution in [2.45, 2.75) is 0 Å². The molecule has 0 aliphatic carbocycles. The zero-order chi connectivity index (χ0) is 21.3. The summed E-state index contributed by atoms with van der Waals surface area (Å²) < 4.78 is 15.5. The predicted octanol–water partition coefficient (Wildman–Crippen LogP) is 4.02. The van der Waals surface area contributed by atoms with Crippen LogP contribution in [0.15, 0.2) is 60.0 Å². The Hall–Kier alpha value is -3.65. The molecule has 0 atom stereocenters. The van der Waals surface area contributed by atoms with Crippen LogP contribution in [0.3, 0.4) is 0 Å². The first-order valence-corrected chi connectivity index (χ1v) is 9.84. The number of aromatic nitrogens is 1. The minimum Gasteiger partial charge on any atom is -0.493 e. The number of rotatable bonds is 8. The number of nitrogens with zero attached hydrogens (tertiary/aromatic N) is 1. The van der Waals surface area contributed by atoms with Gasteiger partial charge in [0.25, 0.3) is 5.91 Å². The smallest absolute Gasteiger partial charge is 0.331 e. The molecule has 3 rings (SSSR count). The number of nitrogens with one attached hydrogen (secondary N) is 1. The molecule has 0 fully saturated rings. The molecule has 0 saturated carbocycles. The number of benzene rings is 2. The van der Waals surface area contributed by atoms with Gasteiger partial charge in [-0.05, 0) is 29.8 Å². The number of carbonyl (C=O) groups is 2. The van der Waals surface area contributed by atoms with Crippen molar-refractivity contribution in [2.75, 3.05) is 26.1 Å². The lowest BCUT2D eigenvalue weighted by atomic mass is 10.1. The second-order valence-corrected chi connectivity index (χ2v) is 6.87. The molecule has 8 heteroatoms. The van der Waals surface area contributed by atoms with Crippen LogP contribution in [0.1, 0.15) is 5.56 Å². The highest BCUT2D eigenvalue weighted by molar-refractivity contribution is 7.14. The summed E-state index contributed by atoms with van der Waals surface area (Å²) >= 11 is 1.27. The van der Waals surface area contributed by atoms with Gasteiger partial charge in [0.15, 0.2) is 23.2 Å². The SMILES string of the molecule is COc1ccc(-c2csc(NC(=O)COC(=O)/C=C/c3ccccc3)n2)cc1OC. The Kier molecular flexibility index (Phi) is 7.18. The molecule has 3 aromatic rings. The first-order valence-electron chi connectivity index (χ1n) is 8.96. The maximum Gasteiger partial charge on any atom is 0.331 e. The molecular formula is C22H20N2O5S. The molecule has 2 aromatic carbocycles. The number of hydrogen-bond acceptors (Lipinski definition) is 7. The Balaban J connectivity index is 1.53. The van der Waals surface area contributed by atoms with Crippen LogP contribution < -0.4 is 14.8 Å². The van der Waals surface area contributed by atoms with E-state index in [0.29, 0.717) is 22.3 Å². The summed E-state index contributed by atoms with van der Waals surface area (Å²) in [5.41, 5.74) is 2.37. The van der Waals surface area contributed by atoms with Crippen molar-refractivity contribution in [1.29, 1.82) is 0 Å². The molecular weight excluding hydrogens is 404 g/mol. The molecule has 7 nitrogen and oxygen atoms in total. The van der Waals surface area contributed by atoms with Crippen molar-refractivity contribution >= 4 is 34.4 Å². The lowest BCUT2D eigenvalue weighted by molar-refractivity contribution is -0.142. The number of hydrogen-bond donors (Lipinski definition) is 1. The molecule has 1 aromatic heterocycles. The average molecular weight is 424 g/mol. The van der Waals surface area contributed by atoms with E-state index in [1.807, 2.05) is 41.8 Å². The van der Waals surface area contributed by atoms with E-state index in [2.05, 4.69) is 10.3 Å². The minimum atomic E-state index is -0.598. The molecule has 0 unspecified atom stereocenters. The third-order valence-corrected chi connectivity index (χ3v) is 4.74. The number of ether oxygens (including phenoxy) is 3. The molecule has 0 saturated heterocycles. The van der Waals surface area contributed by atoms with Gasteiger partial charge in [-0.3, -0.25) is 10.1 Å². The highest BCUT2D eigenvalue weighted by Gasteiger charge is 2.12. The van der Waals surface area contributed by atoms with Gasteiger partial charge in [-0.15, -0.1) is 11.3 Å². The van der Waals surface area contributed by atoms with E-state index in [0.717, 1.165) is 11.1 Å². The number of carbonyl (C=O) groups excluding carboxylic acids is 2. The standard InChI is InChI=1S/C22H20N2O5S/c1-27-18-10-9-16(12-19(18)28-2)17-14-30-22(23-17)24-20(25)13-29-21(26)11-8-15-6-4-3-5-7-15/h3-12,14H,13H2,1-2H3,(H,23,24,25)/b11-8+. The van der Waals surface area contributed by atoms with Crippen LogP contribution in [-0.4, -0.2) is 37.7 Å². The molecule has 1 amide bonds. The van der Waals surface area contributed by atoms with E-state index in [-0.39, 0.29) is 0 Å². The largest absolute Gasteiger partial charge is 0.493 e. The van der Waals surface area contributed by atoms with Crippen molar-refractivity contribution < 1.29 is 23.8 Å². The van der Waals surface area contributed by atoms with Crippen molar-refractivity contribution in [1.82, 2.24) is 4.98 Å². The fraction of sp³-hybridized carbons (Fsp3) is 0.136. The first-order chi connectivity index (χ1) is 14.6. The second kappa shape index (κ2) is 10.2. The summed E-state index contributed by atoms with van der Waals surface area (Å²) in [6, 6.07) is 14.8. The molecule has 0 bridgehead atoms. The number of anilines is 1. The highest BCUT2D eigenvalue weighted by atomic mass is 32.1. The van der Waals surface area contributed by atoms with Crippen LogP contribution >= 0.6 is 11.3 Å². The normalized spacial score (nSPS) is 10.6. The summed E-state index contributed by atoms with van der Waals surface area (Å²) in [7, 11) is 3.13. The first kappa shape index (κ1) is 21.1. The van der Waals surface area contributed by atoms with Gasteiger partial charge >= 0.3 is 5.97 Å². The zero-order valence-electron chi connectivity index (χ0n) is 16.5. The third kappa shape index (κ3) is 5.68. The molecule has 154 valence electrons. The molecule has 0 aliphatic heterocycles. The third-order valence-electron chi connectivity index (χ3n) is 3.99. The Morgan fingerprint density at radius 2 is 1.83 bits per heavy atom. The Morgan fingerprint density at radius 3 is 2.57 bits per heavy atom. The van der Waals surface area contributed by atoms with Crippen LogP contribution in [0.5, 0.6) is 11.5 Å². The molecule has 0 spiro atoms. The van der Waals surface area contributed by atoms with Gasteiger partial charge in [0.2, 0.25) is 0 Å². The van der Waals surface area contributed by atoms with E-state index < -0.39 is 18.5 Å². The number of esters is 1. The van der Waals surface area contributed by atoms with Crippen LogP contribution in [0, 0.1) is 0 Å². The topological polar surface area (TPSA) is 86.8 Å². The van der Waals surface area contributed by atoms with Crippen molar-refractivity contribution in [3.8, 4) is 22.8 Å². The lowest BCUT2D eigenvalue weighted by Gasteiger charge is -2.08. The Morgan fingerprint density at radius 1 is 1.07 bits per heavy atom. The number of methoxy groups -OCH3 is 2. The van der Waals surface area contributed by atoms with Crippen molar-refractivity contribution in [2.24, 2.45) is 0 Å². The molecule has 0 radical (unpaired) electrons. The molecule has 1 N–H and O–H groups in total. The number of thiazole rings is 1. The fourth-order valence-electron chi connectivity index (χ4n) is 2.53. The van der Waals surface area contributed by atoms with Gasteiger partial charge in [-0.1, -0.05) is 30.3 Å². The lowest BCUT2D eigenvalue weighted by Crippen LogP contribution is -2.20. The predicted molar refractivity (Wildman–Crippen MR) is 116 cm³/mol. The molecule has 30 heavy (non-hydrogen) atoms. The van der Waals surface area contributed by atoms with Crippen LogP contribution in [-0.2, 0) is 14.3 Å². The summed E-state index contributed by atoms with van der Waals surface area (Å²) in [4.78, 5) is 28.2. The fourth-order valence-corrected chi connectivity index (χ4v) is 3.26. The Labute approximate surface area is 177 Å². The van der Waals surface area contributed by atoms with Crippen molar-refractivity contribution in [3.05, 3.63) is 65.6 Å². The summed E-state index contributed by atoms with van der Waals surface area (Å²) in [6.45, 7) is -0.400. The summed E-state index contributed by atoms with van der Waals surface area (Å²) in [5.74, 6) is 0.140. The van der Waals surface area contributed by atoms with E-state index >= 15 is 0 Å². The monoisotopic (exact) mass is 424 g/mol. The minimum absolute atomic E-state index is 0.400. The maximum atomic E-state index is 12.0. The summed E-state index contributed by atoms with van der Waals surface area (Å²) in [6.07, 6.45) is 2.90. The second-order valence-electron chi connectivity index (χ2n) is 6.01. The van der Waals surface area contributed by atoms with Crippen LogP contribution in [0.25, 0.3) is 17.3 Å². The summed E-state index contributed by atoms with van der Waals surface area (Å²) in [5, 5.41) is 4.84. The van der Waals surface area contributed by atoms with Gasteiger partial charge in [0.05, 0.1) is 19.9 Å². The van der Waals surface area contributed by atoms with Crippen molar-refractivity contribution in [3.63, 3.8) is 0 Å². The van der Waals surface area contributed by atoms with Gasteiger partial charge in [-0.25, -0.2) is 9.78 Å². The van der Waals surface area contributed by atoms with E-state index in [9.17, 15) is 9.59 Å². The van der Waals surface area contributed by atoms with Gasteiger partial charge in [-0.2, -0.15) is 0 Å². The van der Waals surface area contributed by atoms with E-state index in [1.165, 1.54) is 17.4 Å². The molecule has 1 heterocycles. The van der Waals surface area contributed by atoms with E-state index in [4.69, 9.17) is 14.2 Å². The Bertz CT molecular complexity index is 1050. The van der Waals surface area contributed by atoms with Gasteiger partial charge in [0, 0.05) is 17.0 Å². The average Bonchev–Trinajstić information content (AvgIpc) is 3.24. The quantitative estimate of drug-likeness (QED) is 0.434. The number of amides is 1. The van der Waals surface area contributed by atoms with Crippen LogP contribution in [0.2, 0.25) is 0 Å². The highest BCUT2D eigenvalue weighted by Crippen LogP contribution is 2.33. The molecule has 0 aliphatic rings. The van der Waals surface area contributed by atoms with Crippen LogP contribution in [0.4, 0.5) is 5.13 Å². The zero-order valence-corrected chi connectivity index (χ0v) is 17.3. The van der Waals surface area contributed by atoms with Gasteiger partial charge in [0.1, 0.15) is 0 Å². The van der Waals surface area contributed by atoms with E-state index in [1.54, 1.807) is 32.4 Å². The maximum absolute atomic E-state index is 12.0.